The van der Waals surface area contributed by atoms with Crippen molar-refractivity contribution in [3.8, 4) is 0 Å². The van der Waals surface area contributed by atoms with Crippen LogP contribution in [0.3, 0.4) is 0 Å². The third kappa shape index (κ3) is 38.0. The topological polar surface area (TPSA) is 120 Å². The van der Waals surface area contributed by atoms with Crippen molar-refractivity contribution in [1.82, 2.24) is 0 Å². The zero-order valence-corrected chi connectivity index (χ0v) is 28.1. The Morgan fingerprint density at radius 1 is 0.459 bits per heavy atom. The van der Waals surface area contributed by atoms with Crippen molar-refractivity contribution in [3.63, 3.8) is 0 Å². The molecule has 7 heteroatoms. The van der Waals surface area contributed by atoms with Gasteiger partial charge in [-0.2, -0.15) is 0 Å². The van der Waals surface area contributed by atoms with Crippen LogP contribution >= 0.6 is 0 Å². The molecule has 0 rings (SSSR count). The number of hydrogen-bond donors (Lipinski definition) is 0. The molecular formula is C30H57NdO6. The molecule has 6 nitrogen and oxygen atoms in total. The van der Waals surface area contributed by atoms with Crippen molar-refractivity contribution in [2.24, 2.45) is 17.8 Å². The summed E-state index contributed by atoms with van der Waals surface area (Å²) in [5, 5.41) is 30.9. The van der Waals surface area contributed by atoms with E-state index in [4.69, 9.17) is 0 Å². The minimum absolute atomic E-state index is 0. The minimum atomic E-state index is -0.904. The van der Waals surface area contributed by atoms with Gasteiger partial charge in [0.25, 0.3) is 0 Å². The number of carboxylic acid groups (broad SMARTS) is 3. The molecule has 0 aromatic heterocycles. The van der Waals surface area contributed by atoms with Crippen LogP contribution in [0, 0.1) is 58.6 Å². The summed E-state index contributed by atoms with van der Waals surface area (Å²) in [6.45, 7) is 12.6. The second kappa shape index (κ2) is 33.8. The van der Waals surface area contributed by atoms with Gasteiger partial charge in [0.15, 0.2) is 0 Å². The van der Waals surface area contributed by atoms with Gasteiger partial charge in [0.05, 0.1) is 0 Å². The summed E-state index contributed by atoms with van der Waals surface area (Å²) in [4.78, 5) is 30.9. The maximum Gasteiger partial charge on any atom is 3.00 e. The second-order valence-corrected chi connectivity index (χ2v) is 10.0. The van der Waals surface area contributed by atoms with Crippen molar-refractivity contribution >= 4 is 17.9 Å². The Balaban J connectivity index is -0.000000218. The number of carbonyl (C=O) groups excluding carboxylic acids is 3. The molecule has 3 atom stereocenters. The van der Waals surface area contributed by atoms with Crippen LogP contribution in [0.2, 0.25) is 0 Å². The summed E-state index contributed by atoms with van der Waals surface area (Å²) >= 11 is 0. The normalized spacial score (nSPS) is 12.5. The molecule has 0 aromatic carbocycles. The summed E-state index contributed by atoms with van der Waals surface area (Å²) < 4.78 is 0. The minimum Gasteiger partial charge on any atom is -0.550 e. The molecule has 0 heterocycles. The number of aliphatic carboxylic acids is 3. The van der Waals surface area contributed by atoms with Gasteiger partial charge in [0.1, 0.15) is 0 Å². The van der Waals surface area contributed by atoms with E-state index in [9.17, 15) is 29.7 Å². The molecule has 0 aliphatic heterocycles. The molecule has 37 heavy (non-hydrogen) atoms. The molecule has 0 aromatic rings. The summed E-state index contributed by atoms with van der Waals surface area (Å²) in [5.74, 6) is -1.71. The molecule has 0 bridgehead atoms. The van der Waals surface area contributed by atoms with Gasteiger partial charge in [0.2, 0.25) is 0 Å². The van der Waals surface area contributed by atoms with Gasteiger partial charge < -0.3 is 29.7 Å². The van der Waals surface area contributed by atoms with Crippen LogP contribution in [0.5, 0.6) is 0 Å². The van der Waals surface area contributed by atoms with E-state index in [1.165, 1.54) is 38.5 Å². The van der Waals surface area contributed by atoms with Crippen molar-refractivity contribution in [2.75, 3.05) is 0 Å². The molecule has 0 N–H and O–H groups in total. The fraction of sp³-hybridized carbons (Fsp3) is 0.900. The Bertz CT molecular complexity index is 441. The van der Waals surface area contributed by atoms with Crippen molar-refractivity contribution < 1.29 is 70.5 Å². The number of hydrogen-bond acceptors (Lipinski definition) is 6. The average molecular weight is 658 g/mol. The Labute approximate surface area is 261 Å². The molecule has 217 valence electrons. The van der Waals surface area contributed by atoms with Gasteiger partial charge in [-0.1, -0.05) is 138 Å². The zero-order valence-electron chi connectivity index (χ0n) is 24.9. The van der Waals surface area contributed by atoms with Gasteiger partial charge in [-0.05, 0) is 37.0 Å². The predicted molar refractivity (Wildman–Crippen MR) is 143 cm³/mol. The van der Waals surface area contributed by atoms with Crippen molar-refractivity contribution in [1.29, 1.82) is 0 Å². The van der Waals surface area contributed by atoms with E-state index in [0.29, 0.717) is 17.8 Å². The molecule has 0 saturated carbocycles. The van der Waals surface area contributed by atoms with Crippen molar-refractivity contribution in [3.05, 3.63) is 0 Å². The SMILES string of the molecule is CCCCCC(CC)CC(=O)[O-].CCCCCC(CC)CC(=O)[O-].CCCCCC(CC)CC(=O)[O-].[Nd+3]. The van der Waals surface area contributed by atoms with E-state index in [-0.39, 0.29) is 60.1 Å². The molecule has 0 saturated heterocycles. The van der Waals surface area contributed by atoms with Crippen LogP contribution in [0.25, 0.3) is 0 Å². The quantitative estimate of drug-likeness (QED) is 0.157. The first-order valence-corrected chi connectivity index (χ1v) is 14.7. The van der Waals surface area contributed by atoms with Gasteiger partial charge in [-0.15, -0.1) is 0 Å². The summed E-state index contributed by atoms with van der Waals surface area (Å²) in [7, 11) is 0. The Morgan fingerprint density at radius 2 is 0.676 bits per heavy atom. The number of unbranched alkanes of at least 4 members (excludes halogenated alkanes) is 6. The molecule has 3 unspecified atom stereocenters. The molecule has 1 radical (unpaired) electrons. The van der Waals surface area contributed by atoms with Crippen LogP contribution in [-0.4, -0.2) is 17.9 Å². The standard InChI is InChI=1S/3C10H20O2.Nd/c3*1-3-5-6-7-9(4-2)8-10(11)12;/h3*9H,3-8H2,1-2H3,(H,11,12);/q;;;+3/p-3. The molecule has 0 spiro atoms. The first kappa shape index (κ1) is 43.8. The first-order chi connectivity index (χ1) is 17.1. The van der Waals surface area contributed by atoms with E-state index >= 15 is 0 Å². The van der Waals surface area contributed by atoms with Gasteiger partial charge >= 0.3 is 40.8 Å². The van der Waals surface area contributed by atoms with Crippen molar-refractivity contribution in [2.45, 2.75) is 157 Å². The fourth-order valence-electron chi connectivity index (χ4n) is 4.11. The van der Waals surface area contributed by atoms with Gasteiger partial charge in [0, 0.05) is 17.9 Å². The summed E-state index contributed by atoms with van der Waals surface area (Å²) in [6.07, 6.45) is 17.4. The summed E-state index contributed by atoms with van der Waals surface area (Å²) in [5.41, 5.74) is 0. The van der Waals surface area contributed by atoms with Crippen LogP contribution in [0.15, 0.2) is 0 Å². The zero-order chi connectivity index (χ0) is 28.2. The van der Waals surface area contributed by atoms with Crippen LogP contribution in [-0.2, 0) is 14.4 Å². The van der Waals surface area contributed by atoms with E-state index in [1.54, 1.807) is 0 Å². The monoisotopic (exact) mass is 655 g/mol. The Morgan fingerprint density at radius 3 is 0.811 bits per heavy atom. The predicted octanol–water partition coefficient (Wildman–Crippen LogP) is 5.20. The molecule has 0 fully saturated rings. The van der Waals surface area contributed by atoms with E-state index in [0.717, 1.165) is 57.8 Å². The van der Waals surface area contributed by atoms with Crippen LogP contribution in [0.4, 0.5) is 0 Å². The maximum atomic E-state index is 10.3. The average Bonchev–Trinajstić information content (AvgIpc) is 2.82. The Kier molecular flexibility index (Phi) is 40.0. The van der Waals surface area contributed by atoms with Crippen LogP contribution in [0.1, 0.15) is 157 Å². The third-order valence-corrected chi connectivity index (χ3v) is 6.75. The number of carbonyl (C=O) groups is 3. The van der Waals surface area contributed by atoms with Gasteiger partial charge in [-0.3, -0.25) is 0 Å². The molecule has 0 aliphatic carbocycles. The maximum absolute atomic E-state index is 10.3. The largest absolute Gasteiger partial charge is 3.00 e. The van der Waals surface area contributed by atoms with E-state index in [2.05, 4.69) is 20.8 Å². The second-order valence-electron chi connectivity index (χ2n) is 10.0. The first-order valence-electron chi connectivity index (χ1n) is 14.7. The Hall–Kier alpha value is -0.239. The molecular weight excluding hydrogens is 601 g/mol. The van der Waals surface area contributed by atoms with E-state index < -0.39 is 17.9 Å². The fourth-order valence-corrected chi connectivity index (χ4v) is 4.11. The van der Waals surface area contributed by atoms with E-state index in [1.807, 2.05) is 20.8 Å². The van der Waals surface area contributed by atoms with Gasteiger partial charge in [-0.25, -0.2) is 0 Å². The third-order valence-electron chi connectivity index (χ3n) is 6.75. The smallest absolute Gasteiger partial charge is 0.550 e. The number of rotatable bonds is 21. The number of carboxylic acids is 3. The van der Waals surface area contributed by atoms with Crippen LogP contribution < -0.4 is 15.3 Å². The molecule has 0 aliphatic rings. The molecule has 0 amide bonds. The summed E-state index contributed by atoms with van der Waals surface area (Å²) in [6, 6.07) is 0.